The third-order valence-corrected chi connectivity index (χ3v) is 3.42. The van der Waals surface area contributed by atoms with Crippen molar-refractivity contribution in [2.75, 3.05) is 17.6 Å². The maximum absolute atomic E-state index is 5.75. The van der Waals surface area contributed by atoms with Crippen molar-refractivity contribution in [2.45, 2.75) is 38.5 Å². The monoisotopic (exact) mass is 219 g/mol. The van der Waals surface area contributed by atoms with Crippen LogP contribution in [0.4, 0.5) is 11.5 Å². The predicted octanol–water partition coefficient (Wildman–Crippen LogP) is 3.05. The Labute approximate surface area is 97.5 Å². The van der Waals surface area contributed by atoms with Crippen LogP contribution in [0.3, 0.4) is 0 Å². The molecule has 1 aromatic heterocycles. The minimum Gasteiger partial charge on any atom is -0.382 e. The number of pyridine rings is 1. The first-order valence-corrected chi connectivity index (χ1v) is 6.30. The number of nitrogens with two attached hydrogens (primary N) is 1. The highest BCUT2D eigenvalue weighted by Gasteiger charge is 2.13. The quantitative estimate of drug-likeness (QED) is 0.748. The summed E-state index contributed by atoms with van der Waals surface area (Å²) < 4.78 is 0. The summed E-state index contributed by atoms with van der Waals surface area (Å²) in [6, 6.07) is 3.90. The predicted molar refractivity (Wildman–Crippen MR) is 68.3 cm³/mol. The fourth-order valence-corrected chi connectivity index (χ4v) is 2.48. The highest BCUT2D eigenvalue weighted by molar-refractivity contribution is 5.60. The van der Waals surface area contributed by atoms with Crippen LogP contribution in [0.1, 0.15) is 38.5 Å². The first-order chi connectivity index (χ1) is 7.86. The number of nitrogens with zero attached hydrogens (tertiary/aromatic N) is 1. The summed E-state index contributed by atoms with van der Waals surface area (Å²) in [4.78, 5) is 4.05. The number of hydrogen-bond acceptors (Lipinski definition) is 3. The zero-order valence-corrected chi connectivity index (χ0v) is 9.78. The van der Waals surface area contributed by atoms with Crippen LogP contribution in [0.25, 0.3) is 0 Å². The lowest BCUT2D eigenvalue weighted by Crippen LogP contribution is -2.06. The van der Waals surface area contributed by atoms with E-state index in [9.17, 15) is 0 Å². The Hall–Kier alpha value is -1.25. The highest BCUT2D eigenvalue weighted by Crippen LogP contribution is 2.28. The number of aromatic nitrogens is 1. The van der Waals surface area contributed by atoms with Gasteiger partial charge in [-0.1, -0.05) is 25.7 Å². The van der Waals surface area contributed by atoms with E-state index < -0.39 is 0 Å². The molecule has 88 valence electrons. The molecule has 0 radical (unpaired) electrons. The molecule has 1 saturated carbocycles. The summed E-state index contributed by atoms with van der Waals surface area (Å²) in [6.45, 7) is 1.01. The standard InChI is InChI=1S/C13H21N3/c14-13-12(8-4-10-16-13)15-9-3-7-11-5-1-2-6-11/h4,8,10-11,15H,1-3,5-7,9H2,(H2,14,16). The summed E-state index contributed by atoms with van der Waals surface area (Å²) in [5.41, 5.74) is 6.72. The van der Waals surface area contributed by atoms with Crippen molar-refractivity contribution < 1.29 is 0 Å². The topological polar surface area (TPSA) is 50.9 Å². The minimum atomic E-state index is 0.600. The van der Waals surface area contributed by atoms with Crippen LogP contribution in [-0.4, -0.2) is 11.5 Å². The summed E-state index contributed by atoms with van der Waals surface area (Å²) >= 11 is 0. The van der Waals surface area contributed by atoms with Crippen molar-refractivity contribution in [3.05, 3.63) is 18.3 Å². The van der Waals surface area contributed by atoms with Crippen LogP contribution in [0.2, 0.25) is 0 Å². The van der Waals surface area contributed by atoms with E-state index in [1.54, 1.807) is 6.20 Å². The van der Waals surface area contributed by atoms with Gasteiger partial charge in [-0.25, -0.2) is 4.98 Å². The van der Waals surface area contributed by atoms with Crippen molar-refractivity contribution in [1.82, 2.24) is 4.98 Å². The Bertz CT molecular complexity index is 319. The van der Waals surface area contributed by atoms with Crippen LogP contribution in [0.15, 0.2) is 18.3 Å². The second-order valence-corrected chi connectivity index (χ2v) is 4.66. The lowest BCUT2D eigenvalue weighted by Gasteiger charge is -2.10. The fourth-order valence-electron chi connectivity index (χ4n) is 2.48. The summed E-state index contributed by atoms with van der Waals surface area (Å²) in [7, 11) is 0. The molecule has 3 N–H and O–H groups in total. The third kappa shape index (κ3) is 3.12. The summed E-state index contributed by atoms with van der Waals surface area (Å²) in [6.07, 6.45) is 10.1. The van der Waals surface area contributed by atoms with Gasteiger partial charge in [0.05, 0.1) is 5.69 Å². The summed E-state index contributed by atoms with van der Waals surface area (Å²) in [5.74, 6) is 1.58. The number of nitrogens with one attached hydrogen (secondary N) is 1. The van der Waals surface area contributed by atoms with Crippen molar-refractivity contribution in [3.63, 3.8) is 0 Å². The van der Waals surface area contributed by atoms with Gasteiger partial charge in [0.25, 0.3) is 0 Å². The van der Waals surface area contributed by atoms with Crippen LogP contribution >= 0.6 is 0 Å². The molecule has 0 spiro atoms. The van der Waals surface area contributed by atoms with E-state index in [0.29, 0.717) is 5.82 Å². The lowest BCUT2D eigenvalue weighted by atomic mass is 10.0. The third-order valence-electron chi connectivity index (χ3n) is 3.42. The van der Waals surface area contributed by atoms with Gasteiger partial charge in [-0.3, -0.25) is 0 Å². The first kappa shape index (κ1) is 11.2. The molecule has 0 atom stereocenters. The van der Waals surface area contributed by atoms with Crippen molar-refractivity contribution in [2.24, 2.45) is 5.92 Å². The molecule has 0 bridgehead atoms. The zero-order chi connectivity index (χ0) is 11.2. The van der Waals surface area contributed by atoms with Gasteiger partial charge in [-0.15, -0.1) is 0 Å². The second kappa shape index (κ2) is 5.73. The molecule has 0 aliphatic heterocycles. The van der Waals surface area contributed by atoms with Crippen molar-refractivity contribution in [3.8, 4) is 0 Å². The highest BCUT2D eigenvalue weighted by atomic mass is 14.9. The molecule has 1 aliphatic rings. The van der Waals surface area contributed by atoms with Gasteiger partial charge in [0, 0.05) is 12.7 Å². The van der Waals surface area contributed by atoms with Crippen LogP contribution in [0, 0.1) is 5.92 Å². The molecule has 1 aromatic rings. The Morgan fingerprint density at radius 3 is 2.94 bits per heavy atom. The molecule has 0 unspecified atom stereocenters. The first-order valence-electron chi connectivity index (χ1n) is 6.30. The molecule has 0 amide bonds. The molecule has 1 aliphatic carbocycles. The molecule has 3 nitrogen and oxygen atoms in total. The number of nitrogen functional groups attached to an aromatic ring is 1. The second-order valence-electron chi connectivity index (χ2n) is 4.66. The van der Waals surface area contributed by atoms with E-state index in [-0.39, 0.29) is 0 Å². The number of hydrogen-bond donors (Lipinski definition) is 2. The SMILES string of the molecule is Nc1ncccc1NCCCC1CCCC1. The van der Waals surface area contributed by atoms with E-state index in [4.69, 9.17) is 5.73 Å². The van der Waals surface area contributed by atoms with Crippen LogP contribution in [0.5, 0.6) is 0 Å². The molecule has 1 fully saturated rings. The molecule has 16 heavy (non-hydrogen) atoms. The van der Waals surface area contributed by atoms with Crippen molar-refractivity contribution in [1.29, 1.82) is 0 Å². The van der Waals surface area contributed by atoms with Gasteiger partial charge in [0.2, 0.25) is 0 Å². The Kier molecular flexibility index (Phi) is 4.03. The normalized spacial score (nSPS) is 16.5. The van der Waals surface area contributed by atoms with Gasteiger partial charge < -0.3 is 11.1 Å². The molecule has 1 heterocycles. The number of anilines is 2. The molecule has 2 rings (SSSR count). The van der Waals surface area contributed by atoms with Gasteiger partial charge in [-0.05, 0) is 30.9 Å². The average molecular weight is 219 g/mol. The van der Waals surface area contributed by atoms with E-state index in [2.05, 4.69) is 10.3 Å². The number of rotatable bonds is 5. The van der Waals surface area contributed by atoms with Gasteiger partial charge >= 0.3 is 0 Å². The van der Waals surface area contributed by atoms with Crippen LogP contribution < -0.4 is 11.1 Å². The largest absolute Gasteiger partial charge is 0.382 e. The van der Waals surface area contributed by atoms with E-state index in [1.807, 2.05) is 12.1 Å². The Balaban J connectivity index is 1.66. The maximum atomic E-state index is 5.75. The molecular formula is C13H21N3. The zero-order valence-electron chi connectivity index (χ0n) is 9.78. The van der Waals surface area contributed by atoms with Crippen LogP contribution in [-0.2, 0) is 0 Å². The minimum absolute atomic E-state index is 0.600. The smallest absolute Gasteiger partial charge is 0.146 e. The van der Waals surface area contributed by atoms with E-state index in [0.717, 1.165) is 18.2 Å². The lowest BCUT2D eigenvalue weighted by molar-refractivity contribution is 0.491. The molecule has 0 aromatic carbocycles. The fraction of sp³-hybridized carbons (Fsp3) is 0.615. The van der Waals surface area contributed by atoms with Gasteiger partial charge in [-0.2, -0.15) is 0 Å². The van der Waals surface area contributed by atoms with Gasteiger partial charge in [0.1, 0.15) is 5.82 Å². The van der Waals surface area contributed by atoms with Crippen molar-refractivity contribution >= 4 is 11.5 Å². The van der Waals surface area contributed by atoms with E-state index in [1.165, 1.54) is 38.5 Å². The summed E-state index contributed by atoms with van der Waals surface area (Å²) in [5, 5.41) is 3.35. The Morgan fingerprint density at radius 1 is 1.38 bits per heavy atom. The van der Waals surface area contributed by atoms with Gasteiger partial charge in [0.15, 0.2) is 0 Å². The molecule has 3 heteroatoms. The average Bonchev–Trinajstić information content (AvgIpc) is 2.79. The molecule has 0 saturated heterocycles. The Morgan fingerprint density at radius 2 is 2.19 bits per heavy atom. The maximum Gasteiger partial charge on any atom is 0.146 e. The van der Waals surface area contributed by atoms with E-state index >= 15 is 0 Å². The molecular weight excluding hydrogens is 198 g/mol.